The van der Waals surface area contributed by atoms with Gasteiger partial charge in [0, 0.05) is 11.4 Å². The van der Waals surface area contributed by atoms with E-state index >= 15 is 0 Å². The van der Waals surface area contributed by atoms with E-state index in [1.807, 2.05) is 37.3 Å². The van der Waals surface area contributed by atoms with Gasteiger partial charge in [-0.25, -0.2) is 4.79 Å². The number of aryl methyl sites for hydroxylation is 3. The molecule has 0 saturated heterocycles. The molecule has 0 radical (unpaired) electrons. The Hall–Kier alpha value is -2.14. The summed E-state index contributed by atoms with van der Waals surface area (Å²) in [6.45, 7) is 4.05. The molecule has 0 unspecified atom stereocenters. The Labute approximate surface area is 152 Å². The fourth-order valence-corrected chi connectivity index (χ4v) is 4.04. The van der Waals surface area contributed by atoms with E-state index < -0.39 is 12.1 Å². The molecule has 1 atom stereocenters. The molecule has 0 fully saturated rings. The van der Waals surface area contributed by atoms with E-state index in [9.17, 15) is 9.59 Å². The minimum atomic E-state index is -0.808. The molecule has 0 aliphatic heterocycles. The van der Waals surface area contributed by atoms with Crippen molar-refractivity contribution in [3.05, 3.63) is 56.8 Å². The summed E-state index contributed by atoms with van der Waals surface area (Å²) in [5.74, 6) is -0.687. The summed E-state index contributed by atoms with van der Waals surface area (Å²) in [5, 5.41) is 2.81. The number of nitrogens with one attached hydrogen (secondary N) is 1. The molecule has 1 aromatic carbocycles. The van der Waals surface area contributed by atoms with Crippen LogP contribution in [0.4, 0.5) is 0 Å². The molecule has 1 aliphatic rings. The molecule has 0 saturated carbocycles. The van der Waals surface area contributed by atoms with Crippen molar-refractivity contribution in [1.82, 2.24) is 5.32 Å². The quantitative estimate of drug-likeness (QED) is 0.828. The fourth-order valence-electron chi connectivity index (χ4n) is 2.90. The lowest BCUT2D eigenvalue weighted by Crippen LogP contribution is -2.35. The van der Waals surface area contributed by atoms with Gasteiger partial charge >= 0.3 is 5.97 Å². The average molecular weight is 357 g/mol. The highest BCUT2D eigenvalue weighted by atomic mass is 32.1. The first-order valence-electron chi connectivity index (χ1n) is 8.69. The second-order valence-corrected chi connectivity index (χ2v) is 7.65. The third-order valence-electron chi connectivity index (χ3n) is 4.44. The number of thiophene rings is 1. The summed E-state index contributed by atoms with van der Waals surface area (Å²) in [6, 6.07) is 9.89. The molecule has 1 N–H and O–H groups in total. The van der Waals surface area contributed by atoms with Crippen LogP contribution in [0.15, 0.2) is 30.3 Å². The minimum Gasteiger partial charge on any atom is -0.448 e. The highest BCUT2D eigenvalue weighted by Gasteiger charge is 2.22. The van der Waals surface area contributed by atoms with E-state index in [2.05, 4.69) is 5.32 Å². The van der Waals surface area contributed by atoms with Gasteiger partial charge in [-0.1, -0.05) is 29.8 Å². The lowest BCUT2D eigenvalue weighted by molar-refractivity contribution is -0.129. The van der Waals surface area contributed by atoms with Crippen LogP contribution in [0.3, 0.4) is 0 Å². The maximum absolute atomic E-state index is 12.3. The molecule has 132 valence electrons. The Kier molecular flexibility index (Phi) is 5.53. The molecular weight excluding hydrogens is 334 g/mol. The third kappa shape index (κ3) is 4.48. The van der Waals surface area contributed by atoms with E-state index in [1.54, 1.807) is 6.92 Å². The first-order valence-corrected chi connectivity index (χ1v) is 9.50. The van der Waals surface area contributed by atoms with Gasteiger partial charge in [0.25, 0.3) is 5.91 Å². The SMILES string of the molecule is Cc1ccc(CNC(=O)[C@H](C)OC(=O)c2cc3c(s2)CCCC3)cc1. The normalized spacial score (nSPS) is 14.5. The number of carbonyl (C=O) groups excluding carboxylic acids is 2. The van der Waals surface area contributed by atoms with Gasteiger partial charge < -0.3 is 10.1 Å². The summed E-state index contributed by atoms with van der Waals surface area (Å²) in [4.78, 5) is 26.3. The number of hydrogen-bond donors (Lipinski definition) is 1. The van der Waals surface area contributed by atoms with Crippen molar-refractivity contribution in [2.75, 3.05) is 0 Å². The number of carbonyl (C=O) groups is 2. The summed E-state index contributed by atoms with van der Waals surface area (Å²) >= 11 is 1.50. The number of hydrogen-bond acceptors (Lipinski definition) is 4. The lowest BCUT2D eigenvalue weighted by atomic mass is 9.99. The van der Waals surface area contributed by atoms with E-state index in [0.717, 1.165) is 18.4 Å². The molecule has 5 heteroatoms. The molecule has 3 rings (SSSR count). The van der Waals surface area contributed by atoms with Crippen molar-refractivity contribution in [2.45, 2.75) is 52.2 Å². The highest BCUT2D eigenvalue weighted by molar-refractivity contribution is 7.14. The molecule has 2 aromatic rings. The Bertz CT molecular complexity index is 740. The third-order valence-corrected chi connectivity index (χ3v) is 5.66. The summed E-state index contributed by atoms with van der Waals surface area (Å²) < 4.78 is 5.34. The van der Waals surface area contributed by atoms with E-state index in [-0.39, 0.29) is 5.91 Å². The second kappa shape index (κ2) is 7.83. The maximum Gasteiger partial charge on any atom is 0.349 e. The Morgan fingerprint density at radius 1 is 1.20 bits per heavy atom. The van der Waals surface area contributed by atoms with Crippen molar-refractivity contribution in [3.8, 4) is 0 Å². The molecule has 1 aliphatic carbocycles. The molecule has 1 amide bonds. The smallest absolute Gasteiger partial charge is 0.349 e. The predicted molar refractivity (Wildman–Crippen MR) is 98.9 cm³/mol. The number of rotatable bonds is 5. The van der Waals surface area contributed by atoms with Crippen LogP contribution in [0.25, 0.3) is 0 Å². The summed E-state index contributed by atoms with van der Waals surface area (Å²) in [5.41, 5.74) is 3.46. The van der Waals surface area contributed by atoms with Crippen LogP contribution in [0.1, 0.15) is 51.0 Å². The molecule has 1 aromatic heterocycles. The largest absolute Gasteiger partial charge is 0.448 e. The molecular formula is C20H23NO3S. The topological polar surface area (TPSA) is 55.4 Å². The summed E-state index contributed by atoms with van der Waals surface area (Å²) in [7, 11) is 0. The van der Waals surface area contributed by atoms with E-state index in [1.165, 1.54) is 40.2 Å². The standard InChI is InChI=1S/C20H23NO3S/c1-13-7-9-15(10-8-13)12-21-19(22)14(2)24-20(23)18-11-16-5-3-4-6-17(16)25-18/h7-11,14H,3-6,12H2,1-2H3,(H,21,22)/t14-/m0/s1. The zero-order valence-electron chi connectivity index (χ0n) is 14.6. The van der Waals surface area contributed by atoms with Crippen molar-refractivity contribution in [3.63, 3.8) is 0 Å². The summed E-state index contributed by atoms with van der Waals surface area (Å²) in [6.07, 6.45) is 3.62. The van der Waals surface area contributed by atoms with Crippen LogP contribution in [0, 0.1) is 6.92 Å². The van der Waals surface area contributed by atoms with Gasteiger partial charge in [0.05, 0.1) is 0 Å². The van der Waals surface area contributed by atoms with Gasteiger partial charge in [0.15, 0.2) is 6.10 Å². The fraction of sp³-hybridized carbons (Fsp3) is 0.400. The molecule has 4 nitrogen and oxygen atoms in total. The number of fused-ring (bicyclic) bond motifs is 1. The van der Waals surface area contributed by atoms with Crippen molar-refractivity contribution in [2.24, 2.45) is 0 Å². The lowest BCUT2D eigenvalue weighted by Gasteiger charge is -2.13. The number of amides is 1. The van der Waals surface area contributed by atoms with E-state index in [4.69, 9.17) is 4.74 Å². The van der Waals surface area contributed by atoms with Gasteiger partial charge in [-0.3, -0.25) is 4.79 Å². The zero-order valence-corrected chi connectivity index (χ0v) is 15.4. The molecule has 0 bridgehead atoms. The Balaban J connectivity index is 1.52. The van der Waals surface area contributed by atoms with Crippen LogP contribution in [0.2, 0.25) is 0 Å². The predicted octanol–water partition coefficient (Wildman–Crippen LogP) is 3.80. The van der Waals surface area contributed by atoms with E-state index in [0.29, 0.717) is 11.4 Å². The first kappa shape index (κ1) is 17.7. The van der Waals surface area contributed by atoms with Crippen LogP contribution in [-0.4, -0.2) is 18.0 Å². The first-order chi connectivity index (χ1) is 12.0. The van der Waals surface area contributed by atoms with Crippen molar-refractivity contribution >= 4 is 23.2 Å². The van der Waals surface area contributed by atoms with Crippen LogP contribution >= 0.6 is 11.3 Å². The van der Waals surface area contributed by atoms with Gasteiger partial charge in [-0.15, -0.1) is 11.3 Å². The average Bonchev–Trinajstić information content (AvgIpc) is 3.05. The highest BCUT2D eigenvalue weighted by Crippen LogP contribution is 2.30. The van der Waals surface area contributed by atoms with Gasteiger partial charge in [0.1, 0.15) is 4.88 Å². The molecule has 0 spiro atoms. The van der Waals surface area contributed by atoms with Gasteiger partial charge in [0.2, 0.25) is 0 Å². The maximum atomic E-state index is 12.3. The molecule has 1 heterocycles. The Morgan fingerprint density at radius 3 is 2.64 bits per heavy atom. The number of ether oxygens (including phenoxy) is 1. The van der Waals surface area contributed by atoms with Gasteiger partial charge in [-0.2, -0.15) is 0 Å². The van der Waals surface area contributed by atoms with Crippen molar-refractivity contribution in [1.29, 1.82) is 0 Å². The second-order valence-electron chi connectivity index (χ2n) is 6.52. The van der Waals surface area contributed by atoms with Crippen molar-refractivity contribution < 1.29 is 14.3 Å². The number of esters is 1. The van der Waals surface area contributed by atoms with Gasteiger partial charge in [-0.05, 0) is 56.7 Å². The van der Waals surface area contributed by atoms with Crippen LogP contribution < -0.4 is 5.32 Å². The monoisotopic (exact) mass is 357 g/mol. The zero-order chi connectivity index (χ0) is 17.8. The van der Waals surface area contributed by atoms with Crippen LogP contribution in [0.5, 0.6) is 0 Å². The minimum absolute atomic E-state index is 0.282. The number of benzene rings is 1. The molecule has 25 heavy (non-hydrogen) atoms. The Morgan fingerprint density at radius 2 is 1.92 bits per heavy atom. The van der Waals surface area contributed by atoms with Crippen LogP contribution in [-0.2, 0) is 28.9 Å².